The summed E-state index contributed by atoms with van der Waals surface area (Å²) < 4.78 is 2.05. The van der Waals surface area contributed by atoms with Gasteiger partial charge in [-0.25, -0.2) is 4.98 Å². The first-order valence-corrected chi connectivity index (χ1v) is 9.08. The predicted octanol–water partition coefficient (Wildman–Crippen LogP) is 5.96. The third kappa shape index (κ3) is 2.79. The first-order valence-electron chi connectivity index (χ1n) is 7.47. The number of nitrogens with zero attached hydrogens (tertiary/aromatic N) is 1. The van der Waals surface area contributed by atoms with Crippen molar-refractivity contribution in [2.24, 2.45) is 0 Å². The van der Waals surface area contributed by atoms with Crippen LogP contribution < -0.4 is 0 Å². The first-order chi connectivity index (χ1) is 11.7. The quantitative estimate of drug-likeness (QED) is 0.402. The SMILES string of the molecule is O=C(c1ccccc1)c1ccc(Br)cc1-c1nc2ccccc2s1. The Balaban J connectivity index is 1.89. The van der Waals surface area contributed by atoms with E-state index < -0.39 is 0 Å². The summed E-state index contributed by atoms with van der Waals surface area (Å²) in [5.74, 6) is 0.0114. The Bertz CT molecular complexity index is 1010. The van der Waals surface area contributed by atoms with Crippen LogP contribution in [0.5, 0.6) is 0 Å². The Morgan fingerprint density at radius 1 is 0.917 bits per heavy atom. The number of halogens is 1. The van der Waals surface area contributed by atoms with Crippen LogP contribution in [0.25, 0.3) is 20.8 Å². The van der Waals surface area contributed by atoms with E-state index in [0.29, 0.717) is 11.1 Å². The highest BCUT2D eigenvalue weighted by Crippen LogP contribution is 2.34. The zero-order valence-electron chi connectivity index (χ0n) is 12.6. The molecule has 4 rings (SSSR count). The number of fused-ring (bicyclic) bond motifs is 1. The van der Waals surface area contributed by atoms with Crippen molar-refractivity contribution < 1.29 is 4.79 Å². The van der Waals surface area contributed by atoms with Crippen molar-refractivity contribution >= 4 is 43.3 Å². The molecule has 4 aromatic rings. The van der Waals surface area contributed by atoms with E-state index in [9.17, 15) is 4.79 Å². The molecule has 2 nitrogen and oxygen atoms in total. The third-order valence-corrected chi connectivity index (χ3v) is 5.35. The number of benzene rings is 3. The highest BCUT2D eigenvalue weighted by atomic mass is 79.9. The average Bonchev–Trinajstić information content (AvgIpc) is 3.06. The van der Waals surface area contributed by atoms with Crippen LogP contribution in [0.4, 0.5) is 0 Å². The molecule has 0 aliphatic rings. The molecule has 0 aliphatic heterocycles. The van der Waals surface area contributed by atoms with Gasteiger partial charge in [0.05, 0.1) is 10.2 Å². The molecule has 0 unspecified atom stereocenters. The molecule has 0 radical (unpaired) electrons. The topological polar surface area (TPSA) is 30.0 Å². The second-order valence-corrected chi connectivity index (χ2v) is 7.32. The number of carbonyl (C=O) groups is 1. The van der Waals surface area contributed by atoms with Gasteiger partial charge in [-0.15, -0.1) is 11.3 Å². The molecule has 0 N–H and O–H groups in total. The highest BCUT2D eigenvalue weighted by Gasteiger charge is 2.17. The van der Waals surface area contributed by atoms with Crippen LogP contribution in [0.15, 0.2) is 77.3 Å². The lowest BCUT2D eigenvalue weighted by Crippen LogP contribution is -2.03. The zero-order chi connectivity index (χ0) is 16.5. The standard InChI is InChI=1S/C20H12BrNOS/c21-14-10-11-15(19(23)13-6-2-1-3-7-13)16(12-14)20-22-17-8-4-5-9-18(17)24-20/h1-12H. The Morgan fingerprint density at radius 2 is 1.67 bits per heavy atom. The summed E-state index contributed by atoms with van der Waals surface area (Å²) in [5, 5.41) is 0.858. The molecular formula is C20H12BrNOS. The van der Waals surface area contributed by atoms with Gasteiger partial charge in [0.2, 0.25) is 0 Å². The van der Waals surface area contributed by atoms with E-state index in [1.54, 1.807) is 11.3 Å². The lowest BCUT2D eigenvalue weighted by atomic mass is 9.99. The maximum Gasteiger partial charge on any atom is 0.193 e. The molecular weight excluding hydrogens is 382 g/mol. The van der Waals surface area contributed by atoms with Crippen molar-refractivity contribution in [1.29, 1.82) is 0 Å². The Labute approximate surface area is 151 Å². The summed E-state index contributed by atoms with van der Waals surface area (Å²) >= 11 is 5.11. The summed E-state index contributed by atoms with van der Waals surface area (Å²) in [4.78, 5) is 17.6. The van der Waals surface area contributed by atoms with Gasteiger partial charge in [-0.3, -0.25) is 4.79 Å². The second-order valence-electron chi connectivity index (χ2n) is 5.37. The molecule has 0 saturated heterocycles. The lowest BCUT2D eigenvalue weighted by Gasteiger charge is -2.07. The molecule has 0 saturated carbocycles. The van der Waals surface area contributed by atoms with Gasteiger partial charge in [0.1, 0.15) is 5.01 Å². The summed E-state index contributed by atoms with van der Waals surface area (Å²) in [7, 11) is 0. The molecule has 0 atom stereocenters. The van der Waals surface area contributed by atoms with E-state index in [1.807, 2.05) is 72.8 Å². The summed E-state index contributed by atoms with van der Waals surface area (Å²) in [5.41, 5.74) is 3.17. The monoisotopic (exact) mass is 393 g/mol. The fourth-order valence-electron chi connectivity index (χ4n) is 2.62. The Kier molecular flexibility index (Phi) is 4.00. The van der Waals surface area contributed by atoms with Crippen molar-refractivity contribution in [3.05, 3.63) is 88.4 Å². The molecule has 0 bridgehead atoms. The number of rotatable bonds is 3. The lowest BCUT2D eigenvalue weighted by molar-refractivity contribution is 0.103. The van der Waals surface area contributed by atoms with Gasteiger partial charge in [-0.2, -0.15) is 0 Å². The molecule has 4 heteroatoms. The van der Waals surface area contributed by atoms with E-state index >= 15 is 0 Å². The molecule has 24 heavy (non-hydrogen) atoms. The first kappa shape index (κ1) is 15.2. The van der Waals surface area contributed by atoms with Crippen LogP contribution in [0.2, 0.25) is 0 Å². The van der Waals surface area contributed by atoms with Gasteiger partial charge in [-0.05, 0) is 30.3 Å². The molecule has 0 spiro atoms. The van der Waals surface area contributed by atoms with Gasteiger partial charge < -0.3 is 0 Å². The van der Waals surface area contributed by atoms with Crippen LogP contribution in [0.3, 0.4) is 0 Å². The van der Waals surface area contributed by atoms with Gasteiger partial charge >= 0.3 is 0 Å². The number of hydrogen-bond acceptors (Lipinski definition) is 3. The smallest absolute Gasteiger partial charge is 0.193 e. The average molecular weight is 394 g/mol. The van der Waals surface area contributed by atoms with Crippen molar-refractivity contribution in [2.75, 3.05) is 0 Å². The molecule has 0 aliphatic carbocycles. The van der Waals surface area contributed by atoms with E-state index in [2.05, 4.69) is 15.9 Å². The molecule has 1 heterocycles. The largest absolute Gasteiger partial charge is 0.289 e. The van der Waals surface area contributed by atoms with Crippen LogP contribution >= 0.6 is 27.3 Å². The fraction of sp³-hybridized carbons (Fsp3) is 0. The van der Waals surface area contributed by atoms with E-state index in [1.165, 1.54) is 0 Å². The maximum absolute atomic E-state index is 12.9. The van der Waals surface area contributed by atoms with Crippen molar-refractivity contribution in [1.82, 2.24) is 4.98 Å². The van der Waals surface area contributed by atoms with Crippen molar-refractivity contribution in [2.45, 2.75) is 0 Å². The number of hydrogen-bond donors (Lipinski definition) is 0. The molecule has 1 aromatic heterocycles. The third-order valence-electron chi connectivity index (χ3n) is 3.79. The zero-order valence-corrected chi connectivity index (χ0v) is 15.0. The van der Waals surface area contributed by atoms with E-state index in [4.69, 9.17) is 4.98 Å². The van der Waals surface area contributed by atoms with Crippen LogP contribution in [-0.2, 0) is 0 Å². The van der Waals surface area contributed by atoms with Crippen LogP contribution in [-0.4, -0.2) is 10.8 Å². The molecule has 3 aromatic carbocycles. The minimum Gasteiger partial charge on any atom is -0.289 e. The second kappa shape index (κ2) is 6.30. The number of para-hydroxylation sites is 1. The minimum atomic E-state index is 0.0114. The summed E-state index contributed by atoms with van der Waals surface area (Å²) in [6.45, 7) is 0. The molecule has 116 valence electrons. The Hall–Kier alpha value is -2.30. The minimum absolute atomic E-state index is 0.0114. The molecule has 0 amide bonds. The van der Waals surface area contributed by atoms with E-state index in [-0.39, 0.29) is 5.78 Å². The van der Waals surface area contributed by atoms with Crippen molar-refractivity contribution in [3.8, 4) is 10.6 Å². The van der Waals surface area contributed by atoms with Gasteiger partial charge in [0, 0.05) is 21.2 Å². The van der Waals surface area contributed by atoms with Crippen LogP contribution in [0, 0.1) is 0 Å². The van der Waals surface area contributed by atoms with Crippen LogP contribution in [0.1, 0.15) is 15.9 Å². The highest BCUT2D eigenvalue weighted by molar-refractivity contribution is 9.10. The number of carbonyl (C=O) groups excluding carboxylic acids is 1. The normalized spacial score (nSPS) is 10.9. The summed E-state index contributed by atoms with van der Waals surface area (Å²) in [6.07, 6.45) is 0. The number of ketones is 1. The maximum atomic E-state index is 12.9. The summed E-state index contributed by atoms with van der Waals surface area (Å²) in [6, 6.07) is 23.1. The fourth-order valence-corrected chi connectivity index (χ4v) is 3.98. The van der Waals surface area contributed by atoms with Gasteiger partial charge in [0.15, 0.2) is 5.78 Å². The van der Waals surface area contributed by atoms with Crippen molar-refractivity contribution in [3.63, 3.8) is 0 Å². The number of thiazole rings is 1. The van der Waals surface area contributed by atoms with Gasteiger partial charge in [-0.1, -0.05) is 58.4 Å². The predicted molar refractivity (Wildman–Crippen MR) is 103 cm³/mol. The molecule has 0 fully saturated rings. The number of aromatic nitrogens is 1. The van der Waals surface area contributed by atoms with E-state index in [0.717, 1.165) is 25.3 Å². The Morgan fingerprint density at radius 3 is 2.46 bits per heavy atom. The van der Waals surface area contributed by atoms with Gasteiger partial charge in [0.25, 0.3) is 0 Å².